The van der Waals surface area contributed by atoms with Gasteiger partial charge in [0.2, 0.25) is 5.88 Å². The van der Waals surface area contributed by atoms with Crippen LogP contribution in [0, 0.1) is 13.8 Å². The van der Waals surface area contributed by atoms with Gasteiger partial charge in [0, 0.05) is 17.8 Å². The Bertz CT molecular complexity index is 1080. The molecule has 138 valence electrons. The van der Waals surface area contributed by atoms with Crippen LogP contribution in [-0.2, 0) is 13.2 Å². The Morgan fingerprint density at radius 3 is 2.74 bits per heavy atom. The van der Waals surface area contributed by atoms with Gasteiger partial charge < -0.3 is 18.6 Å². The second-order valence-corrected chi connectivity index (χ2v) is 6.28. The van der Waals surface area contributed by atoms with Gasteiger partial charge in [0.1, 0.15) is 35.2 Å². The van der Waals surface area contributed by atoms with E-state index in [2.05, 4.69) is 19.7 Å². The van der Waals surface area contributed by atoms with Crippen molar-refractivity contribution in [2.75, 3.05) is 7.11 Å². The van der Waals surface area contributed by atoms with E-state index in [4.69, 9.17) is 14.0 Å². The molecule has 0 spiro atoms. The van der Waals surface area contributed by atoms with Crippen LogP contribution in [-0.4, -0.2) is 26.8 Å². The molecule has 0 aliphatic heterocycles. The molecule has 4 rings (SSSR count). The van der Waals surface area contributed by atoms with Crippen molar-refractivity contribution in [3.05, 3.63) is 65.4 Å². The van der Waals surface area contributed by atoms with Gasteiger partial charge in [-0.3, -0.25) is 0 Å². The standard InChI is InChI=1S/C20H20N4O3/c1-13-10-16(23-27-13)12-26-20-19-17(21-14(2)22-20)8-9-24(19)11-15-6-4-5-7-18(15)25-3/h4-10H,11-12H2,1-3H3. The maximum atomic E-state index is 5.97. The summed E-state index contributed by atoms with van der Waals surface area (Å²) in [5.41, 5.74) is 3.46. The maximum Gasteiger partial charge on any atom is 0.242 e. The van der Waals surface area contributed by atoms with E-state index >= 15 is 0 Å². The molecule has 0 bridgehead atoms. The Labute approximate surface area is 156 Å². The van der Waals surface area contributed by atoms with Crippen molar-refractivity contribution in [3.8, 4) is 11.6 Å². The topological polar surface area (TPSA) is 75.2 Å². The van der Waals surface area contributed by atoms with Crippen molar-refractivity contribution in [2.45, 2.75) is 27.0 Å². The van der Waals surface area contributed by atoms with Crippen LogP contribution in [0.5, 0.6) is 11.6 Å². The fraction of sp³-hybridized carbons (Fsp3) is 0.250. The highest BCUT2D eigenvalue weighted by Crippen LogP contribution is 2.27. The number of aryl methyl sites for hydroxylation is 2. The molecule has 0 aliphatic carbocycles. The first-order valence-electron chi connectivity index (χ1n) is 8.64. The van der Waals surface area contributed by atoms with E-state index in [1.807, 2.05) is 56.4 Å². The van der Waals surface area contributed by atoms with Crippen LogP contribution < -0.4 is 9.47 Å². The van der Waals surface area contributed by atoms with E-state index in [9.17, 15) is 0 Å². The van der Waals surface area contributed by atoms with E-state index in [1.54, 1.807) is 7.11 Å². The molecule has 7 nitrogen and oxygen atoms in total. The van der Waals surface area contributed by atoms with Crippen LogP contribution >= 0.6 is 0 Å². The number of benzene rings is 1. The van der Waals surface area contributed by atoms with Gasteiger partial charge in [-0.05, 0) is 26.0 Å². The second-order valence-electron chi connectivity index (χ2n) is 6.28. The number of para-hydroxylation sites is 1. The van der Waals surface area contributed by atoms with Crippen LogP contribution in [0.4, 0.5) is 0 Å². The normalized spacial score (nSPS) is 11.1. The summed E-state index contributed by atoms with van der Waals surface area (Å²) in [7, 11) is 1.67. The minimum absolute atomic E-state index is 0.280. The number of methoxy groups -OCH3 is 1. The van der Waals surface area contributed by atoms with Crippen LogP contribution in [0.3, 0.4) is 0 Å². The summed E-state index contributed by atoms with van der Waals surface area (Å²) in [6, 6.07) is 11.8. The van der Waals surface area contributed by atoms with Crippen molar-refractivity contribution in [2.24, 2.45) is 0 Å². The molecule has 27 heavy (non-hydrogen) atoms. The molecule has 0 saturated heterocycles. The minimum atomic E-state index is 0.280. The largest absolute Gasteiger partial charge is 0.496 e. The lowest BCUT2D eigenvalue weighted by Crippen LogP contribution is -2.05. The van der Waals surface area contributed by atoms with Crippen molar-refractivity contribution in [3.63, 3.8) is 0 Å². The molecule has 4 aromatic rings. The van der Waals surface area contributed by atoms with E-state index in [1.165, 1.54) is 0 Å². The molecule has 0 aliphatic rings. The number of aromatic nitrogens is 4. The first-order chi connectivity index (χ1) is 13.1. The van der Waals surface area contributed by atoms with Crippen molar-refractivity contribution in [1.82, 2.24) is 19.7 Å². The number of hydrogen-bond acceptors (Lipinski definition) is 6. The van der Waals surface area contributed by atoms with Gasteiger partial charge in [0.05, 0.1) is 19.2 Å². The molecule has 0 fully saturated rings. The summed E-state index contributed by atoms with van der Waals surface area (Å²) in [4.78, 5) is 9.02. The van der Waals surface area contributed by atoms with Gasteiger partial charge in [0.15, 0.2) is 0 Å². The van der Waals surface area contributed by atoms with Crippen molar-refractivity contribution < 1.29 is 14.0 Å². The minimum Gasteiger partial charge on any atom is -0.496 e. The van der Waals surface area contributed by atoms with Crippen molar-refractivity contribution in [1.29, 1.82) is 0 Å². The highest BCUT2D eigenvalue weighted by Gasteiger charge is 2.15. The van der Waals surface area contributed by atoms with Gasteiger partial charge >= 0.3 is 0 Å². The first kappa shape index (κ1) is 17.1. The molecule has 0 atom stereocenters. The third-order valence-electron chi connectivity index (χ3n) is 4.26. The highest BCUT2D eigenvalue weighted by molar-refractivity contribution is 5.81. The lowest BCUT2D eigenvalue weighted by atomic mass is 10.2. The zero-order valence-corrected chi connectivity index (χ0v) is 15.5. The number of ether oxygens (including phenoxy) is 2. The van der Waals surface area contributed by atoms with Crippen LogP contribution in [0.2, 0.25) is 0 Å². The molecule has 3 aromatic heterocycles. The zero-order valence-electron chi connectivity index (χ0n) is 15.5. The fourth-order valence-electron chi connectivity index (χ4n) is 3.06. The molecule has 0 radical (unpaired) electrons. The summed E-state index contributed by atoms with van der Waals surface area (Å²) in [6.45, 7) is 4.61. The quantitative estimate of drug-likeness (QED) is 0.520. The zero-order chi connectivity index (χ0) is 18.8. The Morgan fingerprint density at radius 2 is 1.96 bits per heavy atom. The third kappa shape index (κ3) is 3.48. The summed E-state index contributed by atoms with van der Waals surface area (Å²) < 4.78 is 18.6. The predicted octanol–water partition coefficient (Wildman–Crippen LogP) is 3.67. The molecule has 0 saturated carbocycles. The Hall–Kier alpha value is -3.35. The Morgan fingerprint density at radius 1 is 1.11 bits per heavy atom. The first-order valence-corrected chi connectivity index (χ1v) is 8.64. The van der Waals surface area contributed by atoms with Gasteiger partial charge in [-0.25, -0.2) is 4.98 Å². The lowest BCUT2D eigenvalue weighted by molar-refractivity contribution is 0.279. The van der Waals surface area contributed by atoms with Gasteiger partial charge in [-0.1, -0.05) is 23.4 Å². The molecular weight excluding hydrogens is 344 g/mol. The highest BCUT2D eigenvalue weighted by atomic mass is 16.5. The molecule has 7 heteroatoms. The van der Waals surface area contributed by atoms with Gasteiger partial charge in [0.25, 0.3) is 0 Å². The molecule has 0 amide bonds. The molecule has 3 heterocycles. The average Bonchev–Trinajstić information content (AvgIpc) is 3.26. The van der Waals surface area contributed by atoms with Crippen LogP contribution in [0.1, 0.15) is 22.8 Å². The number of nitrogens with zero attached hydrogens (tertiary/aromatic N) is 4. The maximum absolute atomic E-state index is 5.97. The van der Waals surface area contributed by atoms with E-state index in [0.717, 1.165) is 33.8 Å². The lowest BCUT2D eigenvalue weighted by Gasteiger charge is -2.12. The average molecular weight is 364 g/mol. The van der Waals surface area contributed by atoms with Crippen LogP contribution in [0.15, 0.2) is 47.1 Å². The van der Waals surface area contributed by atoms with Gasteiger partial charge in [-0.15, -0.1) is 0 Å². The Balaban J connectivity index is 1.69. The molecule has 0 unspecified atom stereocenters. The third-order valence-corrected chi connectivity index (χ3v) is 4.26. The van der Waals surface area contributed by atoms with Crippen molar-refractivity contribution >= 4 is 11.0 Å². The monoisotopic (exact) mass is 364 g/mol. The van der Waals surface area contributed by atoms with Crippen LogP contribution in [0.25, 0.3) is 11.0 Å². The predicted molar refractivity (Wildman–Crippen MR) is 99.9 cm³/mol. The Kier molecular flexibility index (Phi) is 4.50. The van der Waals surface area contributed by atoms with E-state index in [-0.39, 0.29) is 6.61 Å². The number of hydrogen-bond donors (Lipinski definition) is 0. The van der Waals surface area contributed by atoms with E-state index < -0.39 is 0 Å². The molecule has 0 N–H and O–H groups in total. The number of rotatable bonds is 6. The van der Waals surface area contributed by atoms with Gasteiger partial charge in [-0.2, -0.15) is 4.98 Å². The number of fused-ring (bicyclic) bond motifs is 1. The molecule has 1 aromatic carbocycles. The smallest absolute Gasteiger partial charge is 0.242 e. The second kappa shape index (κ2) is 7.11. The fourth-order valence-corrected chi connectivity index (χ4v) is 3.06. The summed E-state index contributed by atoms with van der Waals surface area (Å²) in [5.74, 6) is 2.77. The SMILES string of the molecule is COc1ccccc1Cn1ccc2nc(C)nc(OCc3cc(C)on3)c21. The summed E-state index contributed by atoms with van der Waals surface area (Å²) >= 11 is 0. The summed E-state index contributed by atoms with van der Waals surface area (Å²) in [5, 5.41) is 3.97. The molecular formula is C20H20N4O3. The summed E-state index contributed by atoms with van der Waals surface area (Å²) in [6.07, 6.45) is 1.98. The van der Waals surface area contributed by atoms with E-state index in [0.29, 0.717) is 18.2 Å².